The van der Waals surface area contributed by atoms with Crippen molar-refractivity contribution in [3.8, 4) is 11.3 Å². The normalized spacial score (nSPS) is 10.6. The molecule has 3 N–H and O–H groups in total. The summed E-state index contributed by atoms with van der Waals surface area (Å²) in [4.78, 5) is 8.04. The number of anilines is 1. The Kier molecular flexibility index (Phi) is 2.20. The van der Waals surface area contributed by atoms with E-state index in [-0.39, 0.29) is 0 Å². The lowest BCUT2D eigenvalue weighted by atomic mass is 10.1. The number of nitrogens with two attached hydrogens (primary N) is 1. The molecule has 0 radical (unpaired) electrons. The third-order valence-corrected chi connectivity index (χ3v) is 2.46. The van der Waals surface area contributed by atoms with Gasteiger partial charge >= 0.3 is 0 Å². The van der Waals surface area contributed by atoms with Gasteiger partial charge in [0.05, 0.1) is 0 Å². The average Bonchev–Trinajstić information content (AvgIpc) is 2.83. The van der Waals surface area contributed by atoms with Crippen LogP contribution < -0.4 is 11.3 Å². The molecule has 0 atom stereocenters. The minimum absolute atomic E-state index is 0.409. The summed E-state index contributed by atoms with van der Waals surface area (Å²) in [5.41, 5.74) is 4.53. The van der Waals surface area contributed by atoms with Crippen LogP contribution in [0.3, 0.4) is 0 Å². The summed E-state index contributed by atoms with van der Waals surface area (Å²) in [7, 11) is 0. The minimum atomic E-state index is 0.409. The van der Waals surface area contributed by atoms with Crippen molar-refractivity contribution in [1.82, 2.24) is 15.1 Å². The molecule has 0 aliphatic heterocycles. The third-order valence-electron chi connectivity index (χ3n) is 2.46. The van der Waals surface area contributed by atoms with Crippen molar-refractivity contribution in [2.24, 2.45) is 5.84 Å². The Morgan fingerprint density at radius 1 is 1.12 bits per heavy atom. The van der Waals surface area contributed by atoms with E-state index in [4.69, 9.17) is 10.4 Å². The van der Waals surface area contributed by atoms with E-state index in [1.165, 1.54) is 6.33 Å². The van der Waals surface area contributed by atoms with Crippen molar-refractivity contribution >= 4 is 16.9 Å². The summed E-state index contributed by atoms with van der Waals surface area (Å²) in [6.45, 7) is 0. The van der Waals surface area contributed by atoms with Gasteiger partial charge in [-0.05, 0) is 0 Å². The van der Waals surface area contributed by atoms with Crippen molar-refractivity contribution in [1.29, 1.82) is 0 Å². The van der Waals surface area contributed by atoms with Gasteiger partial charge in [-0.1, -0.05) is 35.5 Å². The van der Waals surface area contributed by atoms with Crippen LogP contribution >= 0.6 is 0 Å². The Morgan fingerprint density at radius 2 is 1.94 bits per heavy atom. The third kappa shape index (κ3) is 1.51. The zero-order valence-electron chi connectivity index (χ0n) is 8.79. The number of nitrogens with zero attached hydrogens (tertiary/aromatic N) is 3. The fourth-order valence-corrected chi connectivity index (χ4v) is 1.69. The largest absolute Gasteiger partial charge is 0.335 e. The second-order valence-electron chi connectivity index (χ2n) is 3.44. The summed E-state index contributed by atoms with van der Waals surface area (Å²) >= 11 is 0. The van der Waals surface area contributed by atoms with Crippen LogP contribution in [0.4, 0.5) is 5.82 Å². The van der Waals surface area contributed by atoms with Gasteiger partial charge in [0.2, 0.25) is 0 Å². The zero-order chi connectivity index (χ0) is 11.7. The van der Waals surface area contributed by atoms with Gasteiger partial charge in [-0.2, -0.15) is 4.98 Å². The quantitative estimate of drug-likeness (QED) is 0.510. The topological polar surface area (TPSA) is 89.9 Å². The molecule has 6 nitrogen and oxygen atoms in total. The van der Waals surface area contributed by atoms with E-state index in [1.54, 1.807) is 0 Å². The van der Waals surface area contributed by atoms with Crippen molar-refractivity contribution in [3.05, 3.63) is 36.7 Å². The molecule has 0 amide bonds. The van der Waals surface area contributed by atoms with Gasteiger partial charge in [-0.15, -0.1) is 0 Å². The van der Waals surface area contributed by atoms with E-state index >= 15 is 0 Å². The molecule has 0 unspecified atom stereocenters. The van der Waals surface area contributed by atoms with Gasteiger partial charge in [0.15, 0.2) is 5.82 Å². The molecular weight excluding hydrogens is 218 g/mol. The Balaban J connectivity index is 2.31. The molecule has 0 saturated carbocycles. The first-order chi connectivity index (χ1) is 8.40. The number of fused-ring (bicyclic) bond motifs is 1. The van der Waals surface area contributed by atoms with Crippen molar-refractivity contribution in [2.45, 2.75) is 0 Å². The highest BCUT2D eigenvalue weighted by atomic mass is 16.5. The maximum atomic E-state index is 5.41. The number of nitrogen functional groups attached to an aromatic ring is 1. The van der Waals surface area contributed by atoms with Crippen molar-refractivity contribution in [3.63, 3.8) is 0 Å². The highest BCUT2D eigenvalue weighted by molar-refractivity contribution is 5.97. The molecule has 0 aliphatic rings. The zero-order valence-corrected chi connectivity index (χ0v) is 8.79. The fraction of sp³-hybridized carbons (Fsp3) is 0. The molecule has 0 aliphatic carbocycles. The summed E-state index contributed by atoms with van der Waals surface area (Å²) < 4.78 is 5.15. The van der Waals surface area contributed by atoms with Crippen LogP contribution in [0.15, 0.2) is 41.2 Å². The Morgan fingerprint density at radius 3 is 2.71 bits per heavy atom. The molecule has 6 heteroatoms. The van der Waals surface area contributed by atoms with Gasteiger partial charge in [-0.3, -0.25) is 0 Å². The van der Waals surface area contributed by atoms with Gasteiger partial charge in [-0.25, -0.2) is 10.8 Å². The van der Waals surface area contributed by atoms with E-state index in [0.29, 0.717) is 22.6 Å². The average molecular weight is 227 g/mol. The molecule has 84 valence electrons. The molecule has 1 aromatic carbocycles. The van der Waals surface area contributed by atoms with Crippen LogP contribution in [0, 0.1) is 0 Å². The van der Waals surface area contributed by atoms with E-state index in [2.05, 4.69) is 20.6 Å². The first kappa shape index (κ1) is 9.73. The van der Waals surface area contributed by atoms with Crippen LogP contribution in [0.5, 0.6) is 0 Å². The number of nitrogens with one attached hydrogen (secondary N) is 1. The number of benzene rings is 1. The van der Waals surface area contributed by atoms with E-state index in [1.807, 2.05) is 30.3 Å². The van der Waals surface area contributed by atoms with Gasteiger partial charge in [0.25, 0.3) is 5.71 Å². The highest BCUT2D eigenvalue weighted by Gasteiger charge is 2.15. The van der Waals surface area contributed by atoms with E-state index in [9.17, 15) is 0 Å². The molecular formula is C11H9N5O. The Labute approximate surface area is 96.4 Å². The van der Waals surface area contributed by atoms with Gasteiger partial charge < -0.3 is 9.95 Å². The maximum absolute atomic E-state index is 5.41. The molecule has 0 spiro atoms. The predicted octanol–water partition coefficient (Wildman–Crippen LogP) is 1.57. The standard InChI is InChI=1S/C11H9N5O/c12-15-10-8-9(7-4-2-1-3-5-7)16-17-11(8)14-6-13-10/h1-6H,12H2,(H,13,14,15). The molecule has 0 bridgehead atoms. The summed E-state index contributed by atoms with van der Waals surface area (Å²) in [5.74, 6) is 5.91. The van der Waals surface area contributed by atoms with Crippen molar-refractivity contribution < 1.29 is 4.52 Å². The number of aromatic nitrogens is 3. The number of rotatable bonds is 2. The summed E-state index contributed by atoms with van der Waals surface area (Å²) in [5, 5.41) is 4.68. The van der Waals surface area contributed by atoms with Gasteiger partial charge in [0.1, 0.15) is 17.4 Å². The molecule has 0 saturated heterocycles. The lowest BCUT2D eigenvalue weighted by molar-refractivity contribution is 0.451. The van der Waals surface area contributed by atoms with Gasteiger partial charge in [0, 0.05) is 5.56 Å². The number of hydrogen-bond acceptors (Lipinski definition) is 6. The first-order valence-electron chi connectivity index (χ1n) is 5.02. The lowest BCUT2D eigenvalue weighted by Gasteiger charge is -2.00. The Bertz CT molecular complexity index is 649. The first-order valence-corrected chi connectivity index (χ1v) is 5.02. The molecule has 2 aromatic heterocycles. The van der Waals surface area contributed by atoms with Crippen LogP contribution in [0.25, 0.3) is 22.4 Å². The molecule has 0 fully saturated rings. The predicted molar refractivity (Wildman–Crippen MR) is 62.8 cm³/mol. The second kappa shape index (κ2) is 3.84. The van der Waals surface area contributed by atoms with E-state index in [0.717, 1.165) is 5.56 Å². The molecule has 3 aromatic rings. The van der Waals surface area contributed by atoms with E-state index < -0.39 is 0 Å². The van der Waals surface area contributed by atoms with Crippen LogP contribution in [-0.2, 0) is 0 Å². The summed E-state index contributed by atoms with van der Waals surface area (Å²) in [6.07, 6.45) is 1.37. The maximum Gasteiger partial charge on any atom is 0.263 e. The highest BCUT2D eigenvalue weighted by Crippen LogP contribution is 2.30. The second-order valence-corrected chi connectivity index (χ2v) is 3.44. The lowest BCUT2D eigenvalue weighted by Crippen LogP contribution is -2.09. The monoisotopic (exact) mass is 227 g/mol. The van der Waals surface area contributed by atoms with Crippen LogP contribution in [-0.4, -0.2) is 15.1 Å². The van der Waals surface area contributed by atoms with Crippen LogP contribution in [0.2, 0.25) is 0 Å². The molecule has 3 rings (SSSR count). The number of hydrazine groups is 1. The smallest absolute Gasteiger partial charge is 0.263 e. The van der Waals surface area contributed by atoms with Crippen LogP contribution in [0.1, 0.15) is 0 Å². The molecule has 17 heavy (non-hydrogen) atoms. The Hall–Kier alpha value is -2.47. The van der Waals surface area contributed by atoms with Crippen molar-refractivity contribution in [2.75, 3.05) is 5.43 Å². The molecule has 2 heterocycles. The SMILES string of the molecule is NNc1ncnc2onc(-c3ccccc3)c12. The fourth-order valence-electron chi connectivity index (χ4n) is 1.69. The summed E-state index contributed by atoms with van der Waals surface area (Å²) in [6, 6.07) is 9.66. The number of hydrogen-bond donors (Lipinski definition) is 2. The minimum Gasteiger partial charge on any atom is -0.335 e.